The van der Waals surface area contributed by atoms with Gasteiger partial charge in [0.05, 0.1) is 13.2 Å². The lowest BCUT2D eigenvalue weighted by Gasteiger charge is -2.23. The number of morpholine rings is 1. The van der Waals surface area contributed by atoms with Crippen LogP contribution in [0.3, 0.4) is 0 Å². The Bertz CT molecular complexity index is 411. The standard InChI is InChI=1S/C13H15F2NO2/c14-10-3-9(4-11(15)6-10)5-13(17)7-12-8-18-2-1-16-12/h3-4,6,12,16H,1-2,5,7-8H2. The van der Waals surface area contributed by atoms with Crippen LogP contribution in [0.25, 0.3) is 0 Å². The highest BCUT2D eigenvalue weighted by Gasteiger charge is 2.17. The number of ether oxygens (including phenoxy) is 1. The molecule has 1 aliphatic heterocycles. The quantitative estimate of drug-likeness (QED) is 0.885. The van der Waals surface area contributed by atoms with E-state index in [1.54, 1.807) is 0 Å². The van der Waals surface area contributed by atoms with Crippen molar-refractivity contribution in [3.05, 3.63) is 35.4 Å². The van der Waals surface area contributed by atoms with E-state index in [9.17, 15) is 13.6 Å². The van der Waals surface area contributed by atoms with Crippen LogP contribution in [0.15, 0.2) is 18.2 Å². The summed E-state index contributed by atoms with van der Waals surface area (Å²) in [5, 5.41) is 3.16. The Morgan fingerprint density at radius 1 is 1.33 bits per heavy atom. The molecule has 0 radical (unpaired) electrons. The Labute approximate surface area is 104 Å². The zero-order valence-corrected chi connectivity index (χ0v) is 9.92. The molecule has 5 heteroatoms. The van der Waals surface area contributed by atoms with Crippen LogP contribution in [0, 0.1) is 11.6 Å². The predicted octanol–water partition coefficient (Wildman–Crippen LogP) is 1.45. The van der Waals surface area contributed by atoms with Gasteiger partial charge in [-0.1, -0.05) is 0 Å². The van der Waals surface area contributed by atoms with Gasteiger partial charge in [-0.3, -0.25) is 4.79 Å². The van der Waals surface area contributed by atoms with E-state index >= 15 is 0 Å². The van der Waals surface area contributed by atoms with E-state index in [2.05, 4.69) is 5.32 Å². The second-order valence-corrected chi connectivity index (χ2v) is 4.42. The maximum Gasteiger partial charge on any atom is 0.138 e. The Kier molecular flexibility index (Phi) is 4.38. The molecule has 1 aromatic rings. The van der Waals surface area contributed by atoms with Gasteiger partial charge >= 0.3 is 0 Å². The van der Waals surface area contributed by atoms with Crippen molar-refractivity contribution in [3.8, 4) is 0 Å². The molecular weight excluding hydrogens is 240 g/mol. The van der Waals surface area contributed by atoms with Crippen molar-refractivity contribution in [1.29, 1.82) is 0 Å². The average molecular weight is 255 g/mol. The number of hydrogen-bond acceptors (Lipinski definition) is 3. The summed E-state index contributed by atoms with van der Waals surface area (Å²) in [6.07, 6.45) is 0.366. The number of carbonyl (C=O) groups is 1. The maximum atomic E-state index is 13.0. The summed E-state index contributed by atoms with van der Waals surface area (Å²) in [5.74, 6) is -1.36. The van der Waals surface area contributed by atoms with Crippen LogP contribution in [-0.4, -0.2) is 31.6 Å². The molecule has 2 rings (SSSR count). The molecule has 1 aromatic carbocycles. The molecule has 1 aliphatic rings. The highest BCUT2D eigenvalue weighted by atomic mass is 19.1. The molecule has 1 atom stereocenters. The van der Waals surface area contributed by atoms with Crippen LogP contribution in [0.1, 0.15) is 12.0 Å². The minimum atomic E-state index is -0.656. The predicted molar refractivity (Wildman–Crippen MR) is 62.3 cm³/mol. The fourth-order valence-corrected chi connectivity index (χ4v) is 2.04. The van der Waals surface area contributed by atoms with Gasteiger partial charge in [-0.2, -0.15) is 0 Å². The Balaban J connectivity index is 1.89. The van der Waals surface area contributed by atoms with Crippen molar-refractivity contribution >= 4 is 5.78 Å². The third-order valence-electron chi connectivity index (χ3n) is 2.80. The molecule has 0 bridgehead atoms. The number of ketones is 1. The number of hydrogen-bond donors (Lipinski definition) is 1. The molecule has 18 heavy (non-hydrogen) atoms. The zero-order valence-electron chi connectivity index (χ0n) is 9.92. The molecule has 3 nitrogen and oxygen atoms in total. The van der Waals surface area contributed by atoms with Crippen LogP contribution in [-0.2, 0) is 16.0 Å². The molecule has 0 amide bonds. The highest BCUT2D eigenvalue weighted by molar-refractivity contribution is 5.81. The lowest BCUT2D eigenvalue weighted by atomic mass is 10.0. The fourth-order valence-electron chi connectivity index (χ4n) is 2.04. The minimum absolute atomic E-state index is 0.00431. The van der Waals surface area contributed by atoms with Gasteiger partial charge in [0.2, 0.25) is 0 Å². The van der Waals surface area contributed by atoms with Crippen molar-refractivity contribution < 1.29 is 18.3 Å². The second-order valence-electron chi connectivity index (χ2n) is 4.42. The first-order valence-corrected chi connectivity index (χ1v) is 5.91. The van der Waals surface area contributed by atoms with Crippen molar-refractivity contribution in [2.24, 2.45) is 0 Å². The molecule has 0 aromatic heterocycles. The summed E-state index contributed by atoms with van der Waals surface area (Å²) in [6.45, 7) is 1.88. The minimum Gasteiger partial charge on any atom is -0.379 e. The lowest BCUT2D eigenvalue weighted by Crippen LogP contribution is -2.42. The van der Waals surface area contributed by atoms with E-state index in [1.807, 2.05) is 0 Å². The van der Waals surface area contributed by atoms with Gasteiger partial charge in [-0.05, 0) is 17.7 Å². The van der Waals surface area contributed by atoms with Crippen LogP contribution in [0.2, 0.25) is 0 Å². The molecule has 0 saturated carbocycles. The average Bonchev–Trinajstić information content (AvgIpc) is 2.28. The monoisotopic (exact) mass is 255 g/mol. The molecular formula is C13H15F2NO2. The molecule has 1 unspecified atom stereocenters. The summed E-state index contributed by atoms with van der Waals surface area (Å²) >= 11 is 0. The largest absolute Gasteiger partial charge is 0.379 e. The first kappa shape index (κ1) is 13.1. The fraction of sp³-hybridized carbons (Fsp3) is 0.462. The van der Waals surface area contributed by atoms with Crippen molar-refractivity contribution in [1.82, 2.24) is 5.32 Å². The van der Waals surface area contributed by atoms with E-state index in [0.29, 0.717) is 25.2 Å². The zero-order chi connectivity index (χ0) is 13.0. The molecule has 1 saturated heterocycles. The SMILES string of the molecule is O=C(Cc1cc(F)cc(F)c1)CC1COCCN1. The van der Waals surface area contributed by atoms with E-state index in [-0.39, 0.29) is 18.2 Å². The summed E-state index contributed by atoms with van der Waals surface area (Å²) in [5.41, 5.74) is 0.370. The van der Waals surface area contributed by atoms with Crippen LogP contribution < -0.4 is 5.32 Å². The van der Waals surface area contributed by atoms with Crippen molar-refractivity contribution in [2.75, 3.05) is 19.8 Å². The van der Waals surface area contributed by atoms with Gasteiger partial charge in [0, 0.05) is 31.5 Å². The number of Topliss-reactive ketones (excluding diaryl/α,β-unsaturated/α-hetero) is 1. The summed E-state index contributed by atoms with van der Waals surface area (Å²) in [4.78, 5) is 11.8. The van der Waals surface area contributed by atoms with Gasteiger partial charge in [0.1, 0.15) is 17.4 Å². The third kappa shape index (κ3) is 3.85. The van der Waals surface area contributed by atoms with Crippen LogP contribution in [0.5, 0.6) is 0 Å². The van der Waals surface area contributed by atoms with E-state index in [0.717, 1.165) is 12.6 Å². The van der Waals surface area contributed by atoms with Gasteiger partial charge in [0.15, 0.2) is 0 Å². The number of halogens is 2. The Hall–Kier alpha value is -1.33. The number of benzene rings is 1. The van der Waals surface area contributed by atoms with Gasteiger partial charge < -0.3 is 10.1 Å². The summed E-state index contributed by atoms with van der Waals surface area (Å²) in [6, 6.07) is 3.17. The Morgan fingerprint density at radius 2 is 2.06 bits per heavy atom. The first-order chi connectivity index (χ1) is 8.63. The molecule has 1 N–H and O–H groups in total. The van der Waals surface area contributed by atoms with Gasteiger partial charge in [-0.15, -0.1) is 0 Å². The number of rotatable bonds is 4. The van der Waals surface area contributed by atoms with Crippen molar-refractivity contribution in [3.63, 3.8) is 0 Å². The first-order valence-electron chi connectivity index (χ1n) is 5.91. The smallest absolute Gasteiger partial charge is 0.138 e. The van der Waals surface area contributed by atoms with E-state index in [4.69, 9.17) is 4.74 Å². The van der Waals surface area contributed by atoms with Gasteiger partial charge in [-0.25, -0.2) is 8.78 Å². The topological polar surface area (TPSA) is 38.3 Å². The Morgan fingerprint density at radius 3 is 2.67 bits per heavy atom. The van der Waals surface area contributed by atoms with Crippen molar-refractivity contribution in [2.45, 2.75) is 18.9 Å². The van der Waals surface area contributed by atoms with Gasteiger partial charge in [0.25, 0.3) is 0 Å². The molecule has 0 aliphatic carbocycles. The summed E-state index contributed by atoms with van der Waals surface area (Å²) < 4.78 is 31.1. The van der Waals surface area contributed by atoms with E-state index < -0.39 is 11.6 Å². The number of nitrogens with one attached hydrogen (secondary N) is 1. The second kappa shape index (κ2) is 6.02. The highest BCUT2D eigenvalue weighted by Crippen LogP contribution is 2.10. The molecule has 1 heterocycles. The third-order valence-corrected chi connectivity index (χ3v) is 2.80. The molecule has 1 fully saturated rings. The van der Waals surface area contributed by atoms with Crippen LogP contribution in [0.4, 0.5) is 8.78 Å². The van der Waals surface area contributed by atoms with Crippen LogP contribution >= 0.6 is 0 Å². The molecule has 0 spiro atoms. The number of carbonyl (C=O) groups excluding carboxylic acids is 1. The maximum absolute atomic E-state index is 13.0. The normalized spacial score (nSPS) is 19.8. The lowest BCUT2D eigenvalue weighted by molar-refractivity contribution is -0.119. The summed E-state index contributed by atoms with van der Waals surface area (Å²) in [7, 11) is 0. The van der Waals surface area contributed by atoms with E-state index in [1.165, 1.54) is 12.1 Å². The molecule has 98 valence electrons.